The Kier molecular flexibility index (Phi) is 4.36. The molecular weight excluding hydrogens is 306 g/mol. The van der Waals surface area contributed by atoms with E-state index in [2.05, 4.69) is 28.7 Å². The van der Waals surface area contributed by atoms with E-state index >= 15 is 0 Å². The molecule has 0 atom stereocenters. The molecular formula is C17H23N5O2. The second kappa shape index (κ2) is 6.32. The van der Waals surface area contributed by atoms with Gasteiger partial charge in [-0.3, -0.25) is 18.8 Å². The lowest BCUT2D eigenvalue weighted by molar-refractivity contribution is 0.233. The number of aromatic nitrogens is 4. The van der Waals surface area contributed by atoms with Gasteiger partial charge in [0.25, 0.3) is 5.56 Å². The van der Waals surface area contributed by atoms with Crippen molar-refractivity contribution in [1.82, 2.24) is 24.0 Å². The Morgan fingerprint density at radius 3 is 2.67 bits per heavy atom. The molecule has 0 unspecified atom stereocenters. The molecule has 0 spiro atoms. The summed E-state index contributed by atoms with van der Waals surface area (Å²) >= 11 is 0. The quantitative estimate of drug-likeness (QED) is 0.822. The number of rotatable bonds is 3. The summed E-state index contributed by atoms with van der Waals surface area (Å²) in [6.45, 7) is 6.29. The van der Waals surface area contributed by atoms with Crippen LogP contribution >= 0.6 is 0 Å². The molecule has 3 rings (SSSR count). The van der Waals surface area contributed by atoms with Gasteiger partial charge in [-0.05, 0) is 12.0 Å². The van der Waals surface area contributed by atoms with Crippen LogP contribution in [0.25, 0.3) is 0 Å². The average molecular weight is 329 g/mol. The van der Waals surface area contributed by atoms with Crippen LogP contribution in [-0.2, 0) is 33.6 Å². The van der Waals surface area contributed by atoms with Crippen LogP contribution in [0.5, 0.6) is 0 Å². The summed E-state index contributed by atoms with van der Waals surface area (Å²) in [6.07, 6.45) is 2.81. The molecule has 3 heterocycles. The van der Waals surface area contributed by atoms with Gasteiger partial charge in [-0.1, -0.05) is 13.8 Å². The van der Waals surface area contributed by atoms with Crippen molar-refractivity contribution in [3.8, 4) is 0 Å². The lowest BCUT2D eigenvalue weighted by Gasteiger charge is -2.28. The summed E-state index contributed by atoms with van der Waals surface area (Å²) in [5.41, 5.74) is 2.40. The smallest absolute Gasteiger partial charge is 0.299 e. The predicted molar refractivity (Wildman–Crippen MR) is 90.9 cm³/mol. The van der Waals surface area contributed by atoms with Gasteiger partial charge in [0.05, 0.1) is 5.69 Å². The third kappa shape index (κ3) is 3.03. The average Bonchev–Trinajstić information content (AvgIpc) is 2.57. The zero-order valence-corrected chi connectivity index (χ0v) is 14.6. The van der Waals surface area contributed by atoms with Gasteiger partial charge in [0.1, 0.15) is 5.82 Å². The summed E-state index contributed by atoms with van der Waals surface area (Å²) in [7, 11) is 3.20. The van der Waals surface area contributed by atoms with Gasteiger partial charge in [0, 0.05) is 57.6 Å². The van der Waals surface area contributed by atoms with Crippen molar-refractivity contribution >= 4 is 0 Å². The first-order chi connectivity index (χ1) is 11.4. The molecule has 0 radical (unpaired) electrons. The third-order valence-electron chi connectivity index (χ3n) is 4.57. The Balaban J connectivity index is 1.85. The van der Waals surface area contributed by atoms with Crippen LogP contribution < -0.4 is 11.2 Å². The van der Waals surface area contributed by atoms with Gasteiger partial charge in [0.2, 0.25) is 0 Å². The highest BCUT2D eigenvalue weighted by molar-refractivity contribution is 5.21. The summed E-state index contributed by atoms with van der Waals surface area (Å²) in [6, 6.07) is 1.54. The van der Waals surface area contributed by atoms with Crippen molar-refractivity contribution in [3.05, 3.63) is 55.9 Å². The van der Waals surface area contributed by atoms with E-state index in [0.717, 1.165) is 34.7 Å². The molecule has 0 amide bonds. The van der Waals surface area contributed by atoms with E-state index in [1.807, 2.05) is 6.20 Å². The molecule has 7 nitrogen and oxygen atoms in total. The van der Waals surface area contributed by atoms with Gasteiger partial charge < -0.3 is 0 Å². The van der Waals surface area contributed by atoms with Gasteiger partial charge in [-0.25, -0.2) is 14.8 Å². The number of hydrogen-bond acceptors (Lipinski definition) is 5. The molecule has 1 aliphatic heterocycles. The number of fused-ring (bicyclic) bond motifs is 1. The summed E-state index contributed by atoms with van der Waals surface area (Å²) in [4.78, 5) is 35.3. The van der Waals surface area contributed by atoms with Gasteiger partial charge in [-0.2, -0.15) is 0 Å². The van der Waals surface area contributed by atoms with Crippen LogP contribution in [-0.4, -0.2) is 30.5 Å². The zero-order chi connectivity index (χ0) is 17.4. The van der Waals surface area contributed by atoms with Crippen LogP contribution in [0.2, 0.25) is 0 Å². The minimum absolute atomic E-state index is 0.269. The van der Waals surface area contributed by atoms with Gasteiger partial charge >= 0.3 is 5.69 Å². The topological polar surface area (TPSA) is 73.0 Å². The Bertz CT molecular complexity index is 882. The van der Waals surface area contributed by atoms with Crippen LogP contribution in [0.4, 0.5) is 0 Å². The second-order valence-electron chi connectivity index (χ2n) is 6.69. The molecule has 0 aliphatic carbocycles. The summed E-state index contributed by atoms with van der Waals surface area (Å²) < 4.78 is 2.66. The van der Waals surface area contributed by atoms with Crippen molar-refractivity contribution in [3.63, 3.8) is 0 Å². The Labute approximate surface area is 140 Å². The highest BCUT2D eigenvalue weighted by atomic mass is 16.2. The zero-order valence-electron chi connectivity index (χ0n) is 14.6. The lowest BCUT2D eigenvalue weighted by Crippen LogP contribution is -2.40. The lowest BCUT2D eigenvalue weighted by atomic mass is 10.1. The number of nitrogens with zero attached hydrogens (tertiary/aromatic N) is 5. The van der Waals surface area contributed by atoms with Crippen molar-refractivity contribution < 1.29 is 0 Å². The fourth-order valence-electron chi connectivity index (χ4n) is 2.94. The van der Waals surface area contributed by atoms with Crippen molar-refractivity contribution in [2.75, 3.05) is 6.54 Å². The second-order valence-corrected chi connectivity index (χ2v) is 6.69. The monoisotopic (exact) mass is 329 g/mol. The fraction of sp³-hybridized carbons (Fsp3) is 0.529. The standard InChI is InChI=1S/C17H23N5O2/c1-11(2)16-18-8-12-5-6-22(10-14(12)19-16)9-13-7-15(23)21(4)17(24)20(13)3/h7-8,11H,5-6,9-10H2,1-4H3. The highest BCUT2D eigenvalue weighted by Gasteiger charge is 2.20. The minimum atomic E-state index is -0.292. The van der Waals surface area contributed by atoms with Crippen LogP contribution in [0, 0.1) is 0 Å². The molecule has 0 bridgehead atoms. The molecule has 0 saturated heterocycles. The molecule has 24 heavy (non-hydrogen) atoms. The third-order valence-corrected chi connectivity index (χ3v) is 4.57. The van der Waals surface area contributed by atoms with Crippen LogP contribution in [0.15, 0.2) is 21.9 Å². The maximum Gasteiger partial charge on any atom is 0.330 e. The Morgan fingerprint density at radius 2 is 1.96 bits per heavy atom. The molecule has 2 aromatic heterocycles. The van der Waals surface area contributed by atoms with E-state index in [4.69, 9.17) is 0 Å². The Hall–Kier alpha value is -2.28. The largest absolute Gasteiger partial charge is 0.330 e. The first-order valence-corrected chi connectivity index (χ1v) is 8.19. The van der Waals surface area contributed by atoms with E-state index < -0.39 is 0 Å². The normalized spacial score (nSPS) is 14.9. The first-order valence-electron chi connectivity index (χ1n) is 8.19. The van der Waals surface area contributed by atoms with Crippen molar-refractivity contribution in [2.45, 2.75) is 39.3 Å². The van der Waals surface area contributed by atoms with Gasteiger partial charge in [-0.15, -0.1) is 0 Å². The Morgan fingerprint density at radius 1 is 1.21 bits per heavy atom. The van der Waals surface area contributed by atoms with Crippen LogP contribution in [0.3, 0.4) is 0 Å². The highest BCUT2D eigenvalue weighted by Crippen LogP contribution is 2.20. The SMILES string of the molecule is CC(C)c1ncc2c(n1)CN(Cc1cc(=O)n(C)c(=O)n1C)CC2. The number of hydrogen-bond donors (Lipinski definition) is 0. The maximum atomic E-state index is 12.1. The molecule has 0 saturated carbocycles. The van der Waals surface area contributed by atoms with Crippen molar-refractivity contribution in [1.29, 1.82) is 0 Å². The van der Waals surface area contributed by atoms with E-state index in [1.165, 1.54) is 23.2 Å². The van der Waals surface area contributed by atoms with E-state index in [0.29, 0.717) is 19.0 Å². The van der Waals surface area contributed by atoms with Crippen LogP contribution in [0.1, 0.15) is 42.5 Å². The fourth-order valence-corrected chi connectivity index (χ4v) is 2.94. The predicted octanol–water partition coefficient (Wildman–Crippen LogP) is 0.556. The molecule has 128 valence electrons. The molecule has 2 aromatic rings. The van der Waals surface area contributed by atoms with E-state index in [1.54, 1.807) is 7.05 Å². The molecule has 0 N–H and O–H groups in total. The minimum Gasteiger partial charge on any atom is -0.299 e. The molecule has 0 aromatic carbocycles. The maximum absolute atomic E-state index is 12.1. The first kappa shape index (κ1) is 16.6. The van der Waals surface area contributed by atoms with E-state index in [-0.39, 0.29) is 11.2 Å². The molecule has 1 aliphatic rings. The van der Waals surface area contributed by atoms with Gasteiger partial charge in [0.15, 0.2) is 0 Å². The molecule has 0 fully saturated rings. The van der Waals surface area contributed by atoms with Crippen molar-refractivity contribution in [2.24, 2.45) is 14.1 Å². The molecule has 7 heteroatoms. The summed E-state index contributed by atoms with van der Waals surface area (Å²) in [5, 5.41) is 0. The van der Waals surface area contributed by atoms with E-state index in [9.17, 15) is 9.59 Å². The summed E-state index contributed by atoms with van der Waals surface area (Å²) in [5.74, 6) is 1.15.